The molecule has 110 valence electrons. The Balaban J connectivity index is 2.13. The Morgan fingerprint density at radius 1 is 1.43 bits per heavy atom. The number of carboxylic acids is 1. The van der Waals surface area contributed by atoms with Gasteiger partial charge in [0.25, 0.3) is 0 Å². The van der Waals surface area contributed by atoms with Crippen LogP contribution in [0.4, 0.5) is 5.69 Å². The maximum atomic E-state index is 10.6. The minimum absolute atomic E-state index is 0.839. The molecule has 0 spiro atoms. The molecule has 1 aromatic carbocycles. The van der Waals surface area contributed by atoms with E-state index in [1.807, 2.05) is 26.1 Å². The molecule has 0 aliphatic rings. The molecule has 0 bridgehead atoms. The zero-order chi connectivity index (χ0) is 15.4. The molecule has 0 atom stereocenters. The summed E-state index contributed by atoms with van der Waals surface area (Å²) in [6, 6.07) is 8.15. The second-order valence-electron chi connectivity index (χ2n) is 4.83. The number of aliphatic carboxylic acids is 1. The minimum atomic E-state index is -0.932. The maximum absolute atomic E-state index is 10.6. The monoisotopic (exact) mass is 365 g/mol. The first kappa shape index (κ1) is 15.8. The standard InChI is InChI=1S/C16H16BrNO2S/c1-11-7-14(5-3-13(11)4-6-16(19)20)18(2)9-12-8-15(17)21-10-12/h3-8,10H,9H2,1-2H3,(H,19,20). The zero-order valence-corrected chi connectivity index (χ0v) is 14.2. The van der Waals surface area contributed by atoms with Crippen molar-refractivity contribution in [3.63, 3.8) is 0 Å². The molecule has 1 aromatic heterocycles. The minimum Gasteiger partial charge on any atom is -0.478 e. The van der Waals surface area contributed by atoms with Gasteiger partial charge >= 0.3 is 5.97 Å². The van der Waals surface area contributed by atoms with Crippen molar-refractivity contribution >= 4 is 45.0 Å². The van der Waals surface area contributed by atoms with E-state index < -0.39 is 5.97 Å². The predicted octanol–water partition coefficient (Wildman–Crippen LogP) is 4.55. The number of carbonyl (C=O) groups is 1. The first-order valence-electron chi connectivity index (χ1n) is 6.41. The number of benzene rings is 1. The quantitative estimate of drug-likeness (QED) is 0.789. The van der Waals surface area contributed by atoms with Crippen LogP contribution in [0.2, 0.25) is 0 Å². The summed E-state index contributed by atoms with van der Waals surface area (Å²) in [4.78, 5) is 12.7. The molecule has 3 nitrogen and oxygen atoms in total. The summed E-state index contributed by atoms with van der Waals surface area (Å²) in [7, 11) is 2.05. The highest BCUT2D eigenvalue weighted by Crippen LogP contribution is 2.24. The summed E-state index contributed by atoms with van der Waals surface area (Å²) < 4.78 is 1.14. The second-order valence-corrected chi connectivity index (χ2v) is 7.12. The average molecular weight is 366 g/mol. The summed E-state index contributed by atoms with van der Waals surface area (Å²) in [5, 5.41) is 10.8. The van der Waals surface area contributed by atoms with Crippen molar-refractivity contribution in [3.05, 3.63) is 56.2 Å². The van der Waals surface area contributed by atoms with Crippen molar-refractivity contribution in [2.24, 2.45) is 0 Å². The highest BCUT2D eigenvalue weighted by Gasteiger charge is 2.06. The van der Waals surface area contributed by atoms with Gasteiger partial charge in [-0.1, -0.05) is 6.07 Å². The molecular formula is C16H16BrNO2S. The van der Waals surface area contributed by atoms with Crippen LogP contribution in [0.1, 0.15) is 16.7 Å². The number of anilines is 1. The fourth-order valence-corrected chi connectivity index (χ4v) is 3.24. The molecule has 2 aromatic rings. The largest absolute Gasteiger partial charge is 0.478 e. The average Bonchev–Trinajstić information content (AvgIpc) is 2.82. The Hall–Kier alpha value is -1.59. The van der Waals surface area contributed by atoms with Gasteiger partial charge < -0.3 is 10.0 Å². The van der Waals surface area contributed by atoms with Crippen LogP contribution in [0, 0.1) is 6.92 Å². The van der Waals surface area contributed by atoms with Crippen LogP contribution in [-0.2, 0) is 11.3 Å². The highest BCUT2D eigenvalue weighted by atomic mass is 79.9. The fraction of sp³-hybridized carbons (Fsp3) is 0.188. The number of hydrogen-bond acceptors (Lipinski definition) is 3. The lowest BCUT2D eigenvalue weighted by Crippen LogP contribution is -2.16. The zero-order valence-electron chi connectivity index (χ0n) is 11.8. The smallest absolute Gasteiger partial charge is 0.328 e. The second kappa shape index (κ2) is 6.91. The van der Waals surface area contributed by atoms with Gasteiger partial charge in [-0.25, -0.2) is 4.79 Å². The van der Waals surface area contributed by atoms with E-state index in [9.17, 15) is 4.79 Å². The molecule has 21 heavy (non-hydrogen) atoms. The van der Waals surface area contributed by atoms with E-state index in [2.05, 4.69) is 38.3 Å². The van der Waals surface area contributed by atoms with Crippen molar-refractivity contribution < 1.29 is 9.90 Å². The highest BCUT2D eigenvalue weighted by molar-refractivity contribution is 9.11. The van der Waals surface area contributed by atoms with Gasteiger partial charge in [0.2, 0.25) is 0 Å². The summed E-state index contributed by atoms with van der Waals surface area (Å²) in [5.41, 5.74) is 4.36. The van der Waals surface area contributed by atoms with Crippen molar-refractivity contribution in [2.45, 2.75) is 13.5 Å². The van der Waals surface area contributed by atoms with Crippen LogP contribution < -0.4 is 4.90 Å². The van der Waals surface area contributed by atoms with Crippen LogP contribution in [0.3, 0.4) is 0 Å². The molecule has 0 aliphatic heterocycles. The molecule has 0 saturated carbocycles. The molecule has 0 radical (unpaired) electrons. The molecule has 1 heterocycles. The Kier molecular flexibility index (Phi) is 5.20. The Labute approximate surface area is 136 Å². The van der Waals surface area contributed by atoms with Crippen LogP contribution in [-0.4, -0.2) is 18.1 Å². The van der Waals surface area contributed by atoms with Crippen molar-refractivity contribution in [1.29, 1.82) is 0 Å². The molecule has 2 rings (SSSR count). The number of thiophene rings is 1. The van der Waals surface area contributed by atoms with E-state index in [0.717, 1.165) is 33.2 Å². The summed E-state index contributed by atoms with van der Waals surface area (Å²) in [5.74, 6) is -0.932. The number of nitrogens with zero attached hydrogens (tertiary/aromatic N) is 1. The third kappa shape index (κ3) is 4.44. The number of hydrogen-bond donors (Lipinski definition) is 1. The molecule has 0 amide bonds. The topological polar surface area (TPSA) is 40.5 Å². The van der Waals surface area contributed by atoms with Gasteiger partial charge in [-0.15, -0.1) is 11.3 Å². The number of halogens is 1. The number of aryl methyl sites for hydroxylation is 1. The fourth-order valence-electron chi connectivity index (χ4n) is 2.04. The summed E-state index contributed by atoms with van der Waals surface area (Å²) in [6.45, 7) is 2.83. The molecule has 5 heteroatoms. The van der Waals surface area contributed by atoms with Gasteiger partial charge in [0, 0.05) is 25.4 Å². The number of rotatable bonds is 5. The molecule has 0 unspecified atom stereocenters. The summed E-state index contributed by atoms with van der Waals surface area (Å²) >= 11 is 5.15. The lowest BCUT2D eigenvalue weighted by molar-refractivity contribution is -0.131. The van der Waals surface area contributed by atoms with Crippen molar-refractivity contribution in [2.75, 3.05) is 11.9 Å². The molecule has 1 N–H and O–H groups in total. The molecule has 0 fully saturated rings. The third-order valence-corrected chi connectivity index (χ3v) is 4.69. The van der Waals surface area contributed by atoms with Gasteiger partial charge in [0.15, 0.2) is 0 Å². The van der Waals surface area contributed by atoms with E-state index >= 15 is 0 Å². The lowest BCUT2D eigenvalue weighted by atomic mass is 10.1. The van der Waals surface area contributed by atoms with Crippen molar-refractivity contribution in [3.8, 4) is 0 Å². The van der Waals surface area contributed by atoms with Crippen LogP contribution in [0.25, 0.3) is 6.08 Å². The van der Waals surface area contributed by atoms with E-state index in [1.54, 1.807) is 17.4 Å². The van der Waals surface area contributed by atoms with Gasteiger partial charge in [-0.05, 0) is 69.2 Å². The van der Waals surface area contributed by atoms with E-state index in [4.69, 9.17) is 5.11 Å². The SMILES string of the molecule is Cc1cc(N(C)Cc2csc(Br)c2)ccc1C=CC(=O)O. The van der Waals surface area contributed by atoms with E-state index in [0.29, 0.717) is 0 Å². The van der Waals surface area contributed by atoms with Crippen molar-refractivity contribution in [1.82, 2.24) is 0 Å². The van der Waals surface area contributed by atoms with Crippen LogP contribution in [0.5, 0.6) is 0 Å². The van der Waals surface area contributed by atoms with Gasteiger partial charge in [0.05, 0.1) is 3.79 Å². The van der Waals surface area contributed by atoms with Gasteiger partial charge in [-0.2, -0.15) is 0 Å². The van der Waals surface area contributed by atoms with E-state index in [1.165, 1.54) is 5.56 Å². The summed E-state index contributed by atoms with van der Waals surface area (Å²) in [6.07, 6.45) is 2.78. The molecule has 0 saturated heterocycles. The third-order valence-electron chi connectivity index (χ3n) is 3.14. The Bertz CT molecular complexity index is 679. The number of carboxylic acid groups (broad SMARTS) is 1. The first-order chi connectivity index (χ1) is 9.95. The normalized spacial score (nSPS) is 11.0. The lowest BCUT2D eigenvalue weighted by Gasteiger charge is -2.19. The van der Waals surface area contributed by atoms with E-state index in [-0.39, 0.29) is 0 Å². The maximum Gasteiger partial charge on any atom is 0.328 e. The molecule has 0 aliphatic carbocycles. The Morgan fingerprint density at radius 2 is 2.19 bits per heavy atom. The van der Waals surface area contributed by atoms with Crippen LogP contribution in [0.15, 0.2) is 39.5 Å². The first-order valence-corrected chi connectivity index (χ1v) is 8.08. The van der Waals surface area contributed by atoms with Gasteiger partial charge in [-0.3, -0.25) is 0 Å². The Morgan fingerprint density at radius 3 is 2.76 bits per heavy atom. The van der Waals surface area contributed by atoms with Gasteiger partial charge in [0.1, 0.15) is 0 Å². The molecular weight excluding hydrogens is 350 g/mol. The van der Waals surface area contributed by atoms with Crippen LogP contribution >= 0.6 is 27.3 Å². The predicted molar refractivity (Wildman–Crippen MR) is 92.0 cm³/mol.